The number of aryl methyl sites for hydroxylation is 1. The van der Waals surface area contributed by atoms with Crippen LogP contribution in [-0.2, 0) is 13.0 Å². The van der Waals surface area contributed by atoms with E-state index >= 15 is 0 Å². The van der Waals surface area contributed by atoms with E-state index in [1.165, 1.54) is 18.4 Å². The average molecular weight is 503 g/mol. The maximum Gasteiger partial charge on any atom is 0.272 e. The molecule has 1 unspecified atom stereocenters. The lowest BCUT2D eigenvalue weighted by Gasteiger charge is -2.39. The second kappa shape index (κ2) is 11.3. The summed E-state index contributed by atoms with van der Waals surface area (Å²) in [5.74, 6) is 2.28. The fraction of sp³-hybridized carbons (Fsp3) is 0.400. The van der Waals surface area contributed by atoms with Crippen molar-refractivity contribution in [1.82, 2.24) is 9.88 Å². The number of pyridine rings is 1. The Morgan fingerprint density at radius 2 is 1.76 bits per heavy atom. The molecule has 0 spiro atoms. The predicted octanol–water partition coefficient (Wildman–Crippen LogP) is 4.07. The molecule has 1 aliphatic carbocycles. The molecule has 2 fully saturated rings. The summed E-state index contributed by atoms with van der Waals surface area (Å²) in [6.07, 6.45) is 4.48. The maximum absolute atomic E-state index is 12.9. The van der Waals surface area contributed by atoms with Crippen LogP contribution in [0.15, 0.2) is 60.8 Å². The van der Waals surface area contributed by atoms with Crippen molar-refractivity contribution in [3.8, 4) is 11.5 Å². The van der Waals surface area contributed by atoms with Crippen LogP contribution in [-0.4, -0.2) is 58.9 Å². The number of aliphatic hydroxyl groups is 2. The summed E-state index contributed by atoms with van der Waals surface area (Å²) in [6, 6.07) is 18.3. The summed E-state index contributed by atoms with van der Waals surface area (Å²) < 4.78 is 11.7. The number of aliphatic hydroxyl groups excluding tert-OH is 2. The normalized spacial score (nSPS) is 16.2. The number of hydrogen-bond donors (Lipinski definition) is 2. The first-order valence-electron chi connectivity index (χ1n) is 13.0. The summed E-state index contributed by atoms with van der Waals surface area (Å²) in [6.45, 7) is 1.45. The van der Waals surface area contributed by atoms with E-state index < -0.39 is 6.10 Å². The largest absolute Gasteiger partial charge is 0.493 e. The first kappa shape index (κ1) is 25.2. The molecule has 1 aliphatic heterocycles. The molecular weight excluding hydrogens is 468 g/mol. The zero-order valence-electron chi connectivity index (χ0n) is 21.2. The van der Waals surface area contributed by atoms with Crippen molar-refractivity contribution in [1.29, 1.82) is 0 Å². The van der Waals surface area contributed by atoms with Crippen LogP contribution in [0.1, 0.15) is 63.8 Å². The molecule has 2 N–H and O–H groups in total. The second-order valence-electron chi connectivity index (χ2n) is 10.0. The van der Waals surface area contributed by atoms with E-state index in [0.29, 0.717) is 49.7 Å². The fourth-order valence-electron chi connectivity index (χ4n) is 4.71. The summed E-state index contributed by atoms with van der Waals surface area (Å²) in [5, 5.41) is 18.6. The molecule has 1 aromatic heterocycles. The smallest absolute Gasteiger partial charge is 0.272 e. The molecule has 37 heavy (non-hydrogen) atoms. The summed E-state index contributed by atoms with van der Waals surface area (Å²) in [5.41, 5.74) is 4.98. The van der Waals surface area contributed by atoms with Crippen LogP contribution >= 0.6 is 0 Å². The lowest BCUT2D eigenvalue weighted by Crippen LogP contribution is -2.48. The highest BCUT2D eigenvalue weighted by Gasteiger charge is 2.33. The van der Waals surface area contributed by atoms with Crippen molar-refractivity contribution in [2.45, 2.75) is 50.2 Å². The summed E-state index contributed by atoms with van der Waals surface area (Å²) in [4.78, 5) is 19.0. The van der Waals surface area contributed by atoms with Crippen LogP contribution in [0.5, 0.6) is 11.5 Å². The van der Waals surface area contributed by atoms with Crippen LogP contribution in [0.4, 0.5) is 0 Å². The first-order valence-corrected chi connectivity index (χ1v) is 13.0. The van der Waals surface area contributed by atoms with Gasteiger partial charge in [-0.15, -0.1) is 0 Å². The second-order valence-corrected chi connectivity index (χ2v) is 10.0. The Bertz CT molecular complexity index is 1220. The molecule has 1 atom stereocenters. The number of nitrogens with zero attached hydrogens (tertiary/aromatic N) is 2. The Kier molecular flexibility index (Phi) is 7.72. The first-order chi connectivity index (χ1) is 18.0. The van der Waals surface area contributed by atoms with Gasteiger partial charge in [0.25, 0.3) is 5.91 Å². The molecule has 7 heteroatoms. The zero-order valence-corrected chi connectivity index (χ0v) is 21.2. The van der Waals surface area contributed by atoms with Crippen molar-refractivity contribution in [2.75, 3.05) is 26.8 Å². The third-order valence-electron chi connectivity index (χ3n) is 7.27. The molecule has 3 aromatic rings. The highest BCUT2D eigenvalue weighted by Crippen LogP contribution is 2.40. The minimum atomic E-state index is -0.754. The van der Waals surface area contributed by atoms with Crippen molar-refractivity contribution in [3.63, 3.8) is 0 Å². The molecule has 1 saturated carbocycles. The van der Waals surface area contributed by atoms with E-state index in [0.717, 1.165) is 22.6 Å². The number of carbonyl (C=O) groups excluding carboxylic acids is 1. The number of methoxy groups -OCH3 is 1. The minimum absolute atomic E-state index is 0.0968. The molecule has 2 aliphatic rings. The predicted molar refractivity (Wildman–Crippen MR) is 140 cm³/mol. The number of amides is 1. The van der Waals surface area contributed by atoms with Gasteiger partial charge in [-0.25, -0.2) is 0 Å². The van der Waals surface area contributed by atoms with Crippen molar-refractivity contribution < 1.29 is 24.5 Å². The van der Waals surface area contributed by atoms with Gasteiger partial charge in [-0.05, 0) is 78.1 Å². The van der Waals surface area contributed by atoms with E-state index in [-0.39, 0.29) is 18.4 Å². The molecular formula is C30H34N2O5. The van der Waals surface area contributed by atoms with Crippen LogP contribution in [0.25, 0.3) is 0 Å². The Hall–Kier alpha value is -3.42. The highest BCUT2D eigenvalue weighted by atomic mass is 16.5. The maximum atomic E-state index is 12.9. The Morgan fingerprint density at radius 1 is 1.00 bits per heavy atom. The number of ether oxygens (including phenoxy) is 2. The number of hydrogen-bond acceptors (Lipinski definition) is 6. The minimum Gasteiger partial charge on any atom is -0.493 e. The SMILES string of the molecule is COc1cc(C2CN(C(=O)c3cc(CCC(O)CO)ccn3)C2)ccc1OCc1ccc(C2CC2)cc1. The summed E-state index contributed by atoms with van der Waals surface area (Å²) >= 11 is 0. The van der Waals surface area contributed by atoms with Crippen molar-refractivity contribution in [3.05, 3.63) is 88.7 Å². The van der Waals surface area contributed by atoms with E-state index in [2.05, 4.69) is 29.2 Å². The van der Waals surface area contributed by atoms with Crippen molar-refractivity contribution >= 4 is 5.91 Å². The zero-order chi connectivity index (χ0) is 25.8. The molecule has 5 rings (SSSR count). The monoisotopic (exact) mass is 502 g/mol. The van der Waals surface area contributed by atoms with Gasteiger partial charge in [0.1, 0.15) is 12.3 Å². The van der Waals surface area contributed by atoms with Gasteiger partial charge in [0.05, 0.1) is 19.8 Å². The standard InChI is InChI=1S/C30H34N2O5/c1-36-29-15-24(9-11-28(29)37-19-21-2-5-22(6-3-21)23-7-8-23)25-16-32(17-25)30(35)27-14-20(12-13-31-27)4-10-26(34)18-33/h2-3,5-6,9,11-15,23,25-26,33-34H,4,7-8,10,16-19H2,1H3. The highest BCUT2D eigenvalue weighted by molar-refractivity contribution is 5.93. The number of benzene rings is 2. The van der Waals surface area contributed by atoms with Gasteiger partial charge in [0, 0.05) is 25.2 Å². The molecule has 2 heterocycles. The number of carbonyl (C=O) groups is 1. The molecule has 0 radical (unpaired) electrons. The topological polar surface area (TPSA) is 92.1 Å². The number of rotatable bonds is 11. The fourth-order valence-corrected chi connectivity index (χ4v) is 4.71. The molecule has 0 bridgehead atoms. The van der Waals surface area contributed by atoms with E-state index in [1.807, 2.05) is 24.3 Å². The third-order valence-corrected chi connectivity index (χ3v) is 7.27. The number of likely N-dealkylation sites (tertiary alicyclic amines) is 1. The molecule has 1 amide bonds. The van der Waals surface area contributed by atoms with E-state index in [1.54, 1.807) is 24.3 Å². The summed E-state index contributed by atoms with van der Waals surface area (Å²) in [7, 11) is 1.64. The Morgan fingerprint density at radius 3 is 2.46 bits per heavy atom. The Balaban J connectivity index is 1.15. The van der Waals surface area contributed by atoms with Gasteiger partial charge in [0.15, 0.2) is 11.5 Å². The van der Waals surface area contributed by atoms with Crippen LogP contribution in [0.3, 0.4) is 0 Å². The van der Waals surface area contributed by atoms with Gasteiger partial charge in [-0.2, -0.15) is 0 Å². The number of aromatic nitrogens is 1. The van der Waals surface area contributed by atoms with Crippen LogP contribution in [0, 0.1) is 0 Å². The Labute approximate surface area is 217 Å². The van der Waals surface area contributed by atoms with Crippen LogP contribution < -0.4 is 9.47 Å². The van der Waals surface area contributed by atoms with E-state index in [4.69, 9.17) is 14.6 Å². The van der Waals surface area contributed by atoms with Gasteiger partial charge >= 0.3 is 0 Å². The van der Waals surface area contributed by atoms with Gasteiger partial charge < -0.3 is 24.6 Å². The molecule has 1 saturated heterocycles. The third kappa shape index (κ3) is 6.12. The van der Waals surface area contributed by atoms with Crippen LogP contribution in [0.2, 0.25) is 0 Å². The van der Waals surface area contributed by atoms with E-state index in [9.17, 15) is 9.90 Å². The lowest BCUT2D eigenvalue weighted by atomic mass is 9.90. The van der Waals surface area contributed by atoms with Gasteiger partial charge in [-0.1, -0.05) is 30.3 Å². The van der Waals surface area contributed by atoms with Gasteiger partial charge in [0.2, 0.25) is 0 Å². The molecule has 7 nitrogen and oxygen atoms in total. The lowest BCUT2D eigenvalue weighted by molar-refractivity contribution is 0.0595. The molecule has 2 aromatic carbocycles. The average Bonchev–Trinajstić information content (AvgIpc) is 3.76. The van der Waals surface area contributed by atoms with Crippen molar-refractivity contribution in [2.24, 2.45) is 0 Å². The quantitative estimate of drug-likeness (QED) is 0.411. The molecule has 194 valence electrons. The van der Waals surface area contributed by atoms with Gasteiger partial charge in [-0.3, -0.25) is 9.78 Å².